The Morgan fingerprint density at radius 2 is 1.96 bits per heavy atom. The molecule has 1 fully saturated rings. The Balaban J connectivity index is 1.45. The fourth-order valence-electron chi connectivity index (χ4n) is 3.12. The first-order valence-corrected chi connectivity index (χ1v) is 9.59. The molecule has 3 rings (SSSR count). The number of para-hydroxylation sites is 2. The number of amides is 2. The van der Waals surface area contributed by atoms with Crippen LogP contribution in [0.2, 0.25) is 5.02 Å². The zero-order valence-electron chi connectivity index (χ0n) is 15.3. The van der Waals surface area contributed by atoms with Crippen molar-refractivity contribution in [1.29, 1.82) is 0 Å². The number of nitrogens with one attached hydrogen (secondary N) is 2. The molecule has 6 nitrogen and oxygen atoms in total. The predicted octanol–water partition coefficient (Wildman–Crippen LogP) is 4.65. The van der Waals surface area contributed by atoms with E-state index < -0.39 is 0 Å². The van der Waals surface area contributed by atoms with Crippen LogP contribution in [0.1, 0.15) is 32.6 Å². The van der Waals surface area contributed by atoms with Crippen LogP contribution < -0.4 is 20.1 Å². The molecular formula is C20H24ClN3O3. The lowest BCUT2D eigenvalue weighted by Crippen LogP contribution is -2.41. The highest BCUT2D eigenvalue weighted by Gasteiger charge is 2.24. The fourth-order valence-corrected chi connectivity index (χ4v) is 3.23. The van der Waals surface area contributed by atoms with Crippen LogP contribution in [0.15, 0.2) is 42.6 Å². The number of pyridine rings is 1. The normalized spacial score (nSPS) is 19.2. The molecule has 1 aromatic heterocycles. The fraction of sp³-hybridized carbons (Fsp3) is 0.400. The number of ether oxygens (including phenoxy) is 2. The van der Waals surface area contributed by atoms with Crippen LogP contribution in [0.5, 0.6) is 11.6 Å². The third-order valence-electron chi connectivity index (χ3n) is 4.43. The third-order valence-corrected chi connectivity index (χ3v) is 4.66. The topological polar surface area (TPSA) is 72.5 Å². The van der Waals surface area contributed by atoms with E-state index in [1.165, 1.54) is 0 Å². The van der Waals surface area contributed by atoms with Crippen molar-refractivity contribution in [3.05, 3.63) is 47.6 Å². The number of hydrogen-bond donors (Lipinski definition) is 2. The van der Waals surface area contributed by atoms with Crippen molar-refractivity contribution in [3.63, 3.8) is 0 Å². The highest BCUT2D eigenvalue weighted by molar-refractivity contribution is 6.30. The van der Waals surface area contributed by atoms with Gasteiger partial charge in [-0.25, -0.2) is 9.78 Å². The molecule has 27 heavy (non-hydrogen) atoms. The minimum atomic E-state index is -0.217. The van der Waals surface area contributed by atoms with Crippen LogP contribution in [0.25, 0.3) is 0 Å². The summed E-state index contributed by atoms with van der Waals surface area (Å²) < 4.78 is 11.4. The smallest absolute Gasteiger partial charge is 0.319 e. The van der Waals surface area contributed by atoms with E-state index in [0.29, 0.717) is 28.9 Å². The van der Waals surface area contributed by atoms with Crippen LogP contribution in [-0.2, 0) is 0 Å². The summed E-state index contributed by atoms with van der Waals surface area (Å²) in [5.74, 6) is 1.25. The molecule has 0 saturated heterocycles. The third kappa shape index (κ3) is 5.76. The van der Waals surface area contributed by atoms with E-state index in [1.54, 1.807) is 18.3 Å². The van der Waals surface area contributed by atoms with E-state index in [4.69, 9.17) is 21.1 Å². The Bertz CT molecular complexity index is 746. The number of hydrogen-bond acceptors (Lipinski definition) is 4. The molecule has 0 bridgehead atoms. The summed E-state index contributed by atoms with van der Waals surface area (Å²) in [6.07, 6.45) is 5.14. The van der Waals surface area contributed by atoms with Crippen molar-refractivity contribution in [1.82, 2.24) is 10.3 Å². The number of carbonyl (C=O) groups excluding carboxylic acids is 1. The molecule has 0 unspecified atom stereocenters. The largest absolute Gasteiger partial charge is 0.492 e. The summed E-state index contributed by atoms with van der Waals surface area (Å²) in [6.45, 7) is 2.46. The maximum absolute atomic E-state index is 12.3. The van der Waals surface area contributed by atoms with Crippen molar-refractivity contribution in [2.45, 2.75) is 44.8 Å². The minimum absolute atomic E-state index is 0.110. The molecule has 1 saturated carbocycles. The lowest BCUT2D eigenvalue weighted by molar-refractivity contribution is 0.135. The number of urea groups is 1. The van der Waals surface area contributed by atoms with Gasteiger partial charge in [-0.15, -0.1) is 0 Å². The van der Waals surface area contributed by atoms with E-state index >= 15 is 0 Å². The molecule has 0 atom stereocenters. The van der Waals surface area contributed by atoms with Crippen molar-refractivity contribution in [2.75, 3.05) is 11.9 Å². The van der Waals surface area contributed by atoms with E-state index in [1.807, 2.05) is 31.2 Å². The zero-order valence-corrected chi connectivity index (χ0v) is 16.0. The summed E-state index contributed by atoms with van der Waals surface area (Å²) in [4.78, 5) is 16.5. The van der Waals surface area contributed by atoms with Crippen LogP contribution in [-0.4, -0.2) is 29.8 Å². The number of rotatable bonds is 6. The van der Waals surface area contributed by atoms with Gasteiger partial charge in [0, 0.05) is 18.3 Å². The van der Waals surface area contributed by atoms with Gasteiger partial charge in [-0.3, -0.25) is 0 Å². The average Bonchev–Trinajstić information content (AvgIpc) is 2.67. The molecule has 1 aliphatic rings. The molecule has 2 amide bonds. The predicted molar refractivity (Wildman–Crippen MR) is 106 cm³/mol. The summed E-state index contributed by atoms with van der Waals surface area (Å²) in [5, 5.41) is 6.49. The van der Waals surface area contributed by atoms with Gasteiger partial charge in [0.15, 0.2) is 0 Å². The molecule has 0 aliphatic heterocycles. The highest BCUT2D eigenvalue weighted by Crippen LogP contribution is 2.25. The van der Waals surface area contributed by atoms with Crippen molar-refractivity contribution >= 4 is 23.3 Å². The Morgan fingerprint density at radius 3 is 2.67 bits per heavy atom. The molecular weight excluding hydrogens is 366 g/mol. The van der Waals surface area contributed by atoms with Crippen LogP contribution in [0.3, 0.4) is 0 Å². The van der Waals surface area contributed by atoms with Crippen molar-refractivity contribution in [3.8, 4) is 11.6 Å². The standard InChI is InChI=1S/C20H24ClN3O3/c1-2-26-18-6-4-3-5-17(18)24-20(25)23-15-8-10-16(11-9-15)27-19-12-7-14(21)13-22-19/h3-7,12-13,15-16H,2,8-11H2,1H3,(H2,23,24,25). The maximum atomic E-state index is 12.3. The van der Waals surface area contributed by atoms with E-state index in [0.717, 1.165) is 25.7 Å². The van der Waals surface area contributed by atoms with E-state index in [9.17, 15) is 4.79 Å². The number of halogens is 1. The molecule has 0 radical (unpaired) electrons. The molecule has 1 heterocycles. The Kier molecular flexibility index (Phi) is 6.76. The lowest BCUT2D eigenvalue weighted by atomic mass is 9.93. The van der Waals surface area contributed by atoms with Crippen LogP contribution in [0, 0.1) is 0 Å². The summed E-state index contributed by atoms with van der Waals surface area (Å²) in [6, 6.07) is 10.9. The van der Waals surface area contributed by atoms with Gasteiger partial charge in [0.1, 0.15) is 11.9 Å². The summed E-state index contributed by atoms with van der Waals surface area (Å²) in [5.41, 5.74) is 0.669. The van der Waals surface area contributed by atoms with Gasteiger partial charge in [-0.05, 0) is 50.8 Å². The number of nitrogens with zero attached hydrogens (tertiary/aromatic N) is 1. The van der Waals surface area contributed by atoms with Gasteiger partial charge in [0.05, 0.1) is 17.3 Å². The van der Waals surface area contributed by atoms with Gasteiger partial charge < -0.3 is 20.1 Å². The van der Waals surface area contributed by atoms with E-state index in [-0.39, 0.29) is 18.2 Å². The summed E-state index contributed by atoms with van der Waals surface area (Å²) in [7, 11) is 0. The van der Waals surface area contributed by atoms with Crippen molar-refractivity contribution < 1.29 is 14.3 Å². The maximum Gasteiger partial charge on any atom is 0.319 e. The molecule has 144 valence electrons. The van der Waals surface area contributed by atoms with Gasteiger partial charge >= 0.3 is 6.03 Å². The first-order valence-electron chi connectivity index (χ1n) is 9.21. The number of aromatic nitrogens is 1. The Labute approximate surface area is 164 Å². The Hall–Kier alpha value is -2.47. The van der Waals surface area contributed by atoms with Gasteiger partial charge in [-0.2, -0.15) is 0 Å². The number of anilines is 1. The second-order valence-corrected chi connectivity index (χ2v) is 6.87. The lowest BCUT2D eigenvalue weighted by Gasteiger charge is -2.29. The second kappa shape index (κ2) is 9.46. The van der Waals surface area contributed by atoms with Gasteiger partial charge in [0.2, 0.25) is 5.88 Å². The van der Waals surface area contributed by atoms with E-state index in [2.05, 4.69) is 15.6 Å². The molecule has 1 aliphatic carbocycles. The molecule has 0 spiro atoms. The zero-order chi connectivity index (χ0) is 19.1. The molecule has 7 heteroatoms. The quantitative estimate of drug-likeness (QED) is 0.754. The van der Waals surface area contributed by atoms with Crippen LogP contribution in [0.4, 0.5) is 10.5 Å². The highest BCUT2D eigenvalue weighted by atomic mass is 35.5. The second-order valence-electron chi connectivity index (χ2n) is 6.43. The average molecular weight is 390 g/mol. The summed E-state index contributed by atoms with van der Waals surface area (Å²) >= 11 is 5.84. The van der Waals surface area contributed by atoms with Gasteiger partial charge in [0.25, 0.3) is 0 Å². The monoisotopic (exact) mass is 389 g/mol. The number of carbonyl (C=O) groups is 1. The Morgan fingerprint density at radius 1 is 1.19 bits per heavy atom. The van der Waals surface area contributed by atoms with Crippen molar-refractivity contribution in [2.24, 2.45) is 0 Å². The molecule has 1 aromatic carbocycles. The van der Waals surface area contributed by atoms with Gasteiger partial charge in [-0.1, -0.05) is 23.7 Å². The number of benzene rings is 1. The SMILES string of the molecule is CCOc1ccccc1NC(=O)NC1CCC(Oc2ccc(Cl)cn2)CC1. The van der Waals surface area contributed by atoms with Crippen LogP contribution >= 0.6 is 11.6 Å². The molecule has 2 N–H and O–H groups in total. The first-order chi connectivity index (χ1) is 13.1. The minimum Gasteiger partial charge on any atom is -0.492 e. The first kappa shape index (κ1) is 19.3. The molecule has 2 aromatic rings.